The monoisotopic (exact) mass is 343 g/mol. The predicted octanol–water partition coefficient (Wildman–Crippen LogP) is -1.19. The van der Waals surface area contributed by atoms with Gasteiger partial charge in [0.25, 0.3) is 0 Å². The van der Waals surface area contributed by atoms with E-state index in [-0.39, 0.29) is 95.2 Å². The molecular weight excluding hydrogens is 340 g/mol. The number of hydrogen-bond donors (Lipinski definition) is 0. The molecule has 0 rings (SSSR count). The largest absolute Gasteiger partial charge is 0.187 e. The van der Waals surface area contributed by atoms with Crippen LogP contribution < -0.4 is 0 Å². The first-order valence-corrected chi connectivity index (χ1v) is 0. The van der Waals surface area contributed by atoms with E-state index in [9.17, 15) is 0 Å². The van der Waals surface area contributed by atoms with Crippen LogP contribution in [0.1, 0.15) is 0 Å². The van der Waals surface area contributed by atoms with Gasteiger partial charge in [0.15, 0.2) is 17.4 Å². The van der Waals surface area contributed by atoms with Crippen molar-refractivity contribution in [1.29, 1.82) is 0 Å². The zero-order valence-electron chi connectivity index (χ0n) is 1.17. The van der Waals surface area contributed by atoms with Gasteiger partial charge in [0.1, 0.15) is 0 Å². The summed E-state index contributed by atoms with van der Waals surface area (Å²) in [5, 5.41) is 0. The van der Waals surface area contributed by atoms with Gasteiger partial charge in [0.05, 0.1) is 0 Å². The maximum atomic E-state index is 0. The molecule has 3 radical (unpaired) electrons. The molecule has 0 aliphatic rings. The minimum atomic E-state index is 0. The van der Waals surface area contributed by atoms with E-state index in [2.05, 4.69) is 0 Å². The van der Waals surface area contributed by atoms with Gasteiger partial charge >= 0.3 is 0 Å². The second-order valence-corrected chi connectivity index (χ2v) is 0. The van der Waals surface area contributed by atoms with Crippen LogP contribution in [0.4, 0.5) is 0 Å². The van der Waals surface area contributed by atoms with Crippen LogP contribution in [0.2, 0.25) is 0 Å². The van der Waals surface area contributed by atoms with Crippen molar-refractivity contribution < 1.29 is 77.8 Å². The Morgan fingerprint density at radius 3 is 1.00 bits per heavy atom. The smallest absolute Gasteiger partial charge is 0 e. The van der Waals surface area contributed by atoms with Gasteiger partial charge < -0.3 is 0 Å². The van der Waals surface area contributed by atoms with Crippen molar-refractivity contribution in [2.24, 2.45) is 0 Å². The fourth-order valence-electron chi connectivity index (χ4n) is 0. The van der Waals surface area contributed by atoms with Crippen LogP contribution in [0, 0.1) is 36.9 Å². The van der Waals surface area contributed by atoms with Gasteiger partial charge in [-0.25, -0.2) is 0 Å². The molecule has 0 unspecified atom stereocenters. The standard InChI is InChI=1S/Al.Nb.Tm.V.3H. The van der Waals surface area contributed by atoms with E-state index in [1.54, 1.807) is 0 Å². The third kappa shape index (κ3) is 8.92. The first-order valence-electron chi connectivity index (χ1n) is 0. The minimum Gasteiger partial charge on any atom is 0 e. The van der Waals surface area contributed by atoms with E-state index in [1.807, 2.05) is 0 Å². The molecule has 0 N–H and O–H groups in total. The molecule has 29 valence electrons. The summed E-state index contributed by atoms with van der Waals surface area (Å²) >= 11 is 0. The third-order valence-electron chi connectivity index (χ3n) is 0. The van der Waals surface area contributed by atoms with Crippen LogP contribution in [0.3, 0.4) is 0 Å². The van der Waals surface area contributed by atoms with Gasteiger partial charge in [0, 0.05) is 77.8 Å². The molecule has 0 aliphatic heterocycles. The molecule has 0 nitrogen and oxygen atoms in total. The summed E-state index contributed by atoms with van der Waals surface area (Å²) in [7, 11) is 0. The molecule has 0 saturated heterocycles. The van der Waals surface area contributed by atoms with Crippen LogP contribution >= 0.6 is 0 Å². The molecule has 0 aromatic rings. The van der Waals surface area contributed by atoms with Crippen molar-refractivity contribution in [1.82, 2.24) is 0 Å². The Morgan fingerprint density at radius 1 is 1.00 bits per heavy atom. The molecule has 4 heteroatoms. The maximum absolute atomic E-state index is 0. The summed E-state index contributed by atoms with van der Waals surface area (Å²) in [5.74, 6) is 0. The van der Waals surface area contributed by atoms with Gasteiger partial charge in [-0.15, -0.1) is 0 Å². The molecule has 0 aromatic carbocycles. The van der Waals surface area contributed by atoms with E-state index >= 15 is 0 Å². The molecule has 0 heterocycles. The van der Waals surface area contributed by atoms with Crippen LogP contribution in [-0.4, -0.2) is 17.4 Å². The number of hydrogen-bond acceptors (Lipinski definition) is 0. The van der Waals surface area contributed by atoms with Crippen molar-refractivity contribution in [3.63, 3.8) is 0 Å². The first-order chi connectivity index (χ1) is 0. The van der Waals surface area contributed by atoms with Gasteiger partial charge in [-0.2, -0.15) is 0 Å². The quantitative estimate of drug-likeness (QED) is 0.486. The Bertz CT molecular complexity index is 8.00. The summed E-state index contributed by atoms with van der Waals surface area (Å²) in [4.78, 5) is 0. The Balaban J connectivity index is 0. The van der Waals surface area contributed by atoms with Crippen molar-refractivity contribution >= 4 is 17.4 Å². The fourth-order valence-corrected chi connectivity index (χ4v) is 0. The molecule has 0 bridgehead atoms. The molecule has 4 heavy (non-hydrogen) atoms. The van der Waals surface area contributed by atoms with Crippen molar-refractivity contribution in [2.45, 2.75) is 0 Å². The first kappa shape index (κ1) is 27.5. The molecule has 0 aromatic heterocycles. The van der Waals surface area contributed by atoms with Crippen molar-refractivity contribution in [2.75, 3.05) is 0 Å². The van der Waals surface area contributed by atoms with Crippen LogP contribution in [-0.2, 0) is 40.9 Å². The molecule has 0 saturated carbocycles. The summed E-state index contributed by atoms with van der Waals surface area (Å²) in [6.45, 7) is 0. The van der Waals surface area contributed by atoms with Crippen LogP contribution in [0.15, 0.2) is 0 Å². The summed E-state index contributed by atoms with van der Waals surface area (Å²) in [6.07, 6.45) is 0. The maximum Gasteiger partial charge on any atom is 0.187 e. The molecule has 0 atom stereocenters. The third-order valence-corrected chi connectivity index (χ3v) is 0. The van der Waals surface area contributed by atoms with E-state index in [1.165, 1.54) is 0 Å². The molecule has 0 amide bonds. The zero-order chi connectivity index (χ0) is 0. The van der Waals surface area contributed by atoms with E-state index in [0.29, 0.717) is 0 Å². The van der Waals surface area contributed by atoms with Crippen LogP contribution in [0.5, 0.6) is 0 Å². The molecule has 0 fully saturated rings. The molecule has 0 spiro atoms. The van der Waals surface area contributed by atoms with Crippen molar-refractivity contribution in [3.8, 4) is 0 Å². The van der Waals surface area contributed by atoms with E-state index in [0.717, 1.165) is 0 Å². The van der Waals surface area contributed by atoms with Gasteiger partial charge in [-0.3, -0.25) is 0 Å². The summed E-state index contributed by atoms with van der Waals surface area (Å²) in [5.41, 5.74) is 0. The average molecular weight is 343 g/mol. The van der Waals surface area contributed by atoms with Gasteiger partial charge in [-0.05, 0) is 0 Å². The topological polar surface area (TPSA) is 0 Å². The van der Waals surface area contributed by atoms with Crippen molar-refractivity contribution in [3.05, 3.63) is 0 Å². The van der Waals surface area contributed by atoms with Gasteiger partial charge in [0.2, 0.25) is 0 Å². The Hall–Kier alpha value is 3.09. The number of rotatable bonds is 0. The fraction of sp³-hybridized carbons (Fsp3) is 0. The van der Waals surface area contributed by atoms with Gasteiger partial charge in [-0.1, -0.05) is 0 Å². The average Bonchev–Trinajstić information content (AvgIpc) is 0. The summed E-state index contributed by atoms with van der Waals surface area (Å²) < 4.78 is 0. The van der Waals surface area contributed by atoms with Crippen LogP contribution in [0.25, 0.3) is 0 Å². The molecular formula is H3AlNbTmV. The Labute approximate surface area is 93.2 Å². The molecule has 0 aliphatic carbocycles. The van der Waals surface area contributed by atoms with E-state index < -0.39 is 0 Å². The Morgan fingerprint density at radius 2 is 1.00 bits per heavy atom. The summed E-state index contributed by atoms with van der Waals surface area (Å²) in [6, 6.07) is 0. The zero-order valence-corrected chi connectivity index (χ0v) is 6.55. The predicted molar refractivity (Wildman–Crippen MR) is 9.94 cm³/mol. The second-order valence-electron chi connectivity index (χ2n) is 0. The normalized spacial score (nSPS) is 0. The van der Waals surface area contributed by atoms with E-state index in [4.69, 9.17) is 0 Å². The second kappa shape index (κ2) is 16.5. The SMILES string of the molecule is [AlH3].[Nb].[Tm].[V]. The minimum absolute atomic E-state index is 0. The Kier molecular flexibility index (Phi) is 114.